The maximum absolute atomic E-state index is 12.2. The van der Waals surface area contributed by atoms with E-state index >= 15 is 0 Å². The summed E-state index contributed by atoms with van der Waals surface area (Å²) in [6, 6.07) is 5.36. The number of aliphatic carboxylic acids is 1. The maximum Gasteiger partial charge on any atom is 0.353 e. The Labute approximate surface area is 129 Å². The summed E-state index contributed by atoms with van der Waals surface area (Å²) in [6.45, 7) is 0. The van der Waals surface area contributed by atoms with Crippen LogP contribution in [0.4, 0.5) is 0 Å². The normalized spacial score (nSPS) is 23.6. The molecule has 5 nitrogen and oxygen atoms in total. The molecule has 1 atom stereocenters. The second kappa shape index (κ2) is 5.01. The third-order valence-electron chi connectivity index (χ3n) is 3.47. The predicted octanol–water partition coefficient (Wildman–Crippen LogP) is 2.20. The molecular formula is C14H11IN2O3. The number of allylic oxidation sites excluding steroid dienone is 1. The molecule has 6 heteroatoms. The molecule has 1 aromatic heterocycles. The number of hydrogen-bond acceptors (Lipinski definition) is 3. The Morgan fingerprint density at radius 1 is 1.50 bits per heavy atom. The summed E-state index contributed by atoms with van der Waals surface area (Å²) in [5, 5.41) is 9.24. The van der Waals surface area contributed by atoms with Crippen molar-refractivity contribution >= 4 is 40.5 Å². The van der Waals surface area contributed by atoms with Crippen LogP contribution in [0, 0.1) is 0 Å². The van der Waals surface area contributed by atoms with Crippen LogP contribution in [0.1, 0.15) is 18.5 Å². The lowest BCUT2D eigenvalue weighted by molar-refractivity contribution is -0.143. The quantitative estimate of drug-likeness (QED) is 0.484. The highest BCUT2D eigenvalue weighted by atomic mass is 127. The summed E-state index contributed by atoms with van der Waals surface area (Å²) in [6.07, 6.45) is 4.87. The van der Waals surface area contributed by atoms with Crippen molar-refractivity contribution < 1.29 is 14.7 Å². The Balaban J connectivity index is 1.94. The summed E-state index contributed by atoms with van der Waals surface area (Å²) in [5.74, 6) is -1.27. The number of carbonyl (C=O) groups excluding carboxylic acids is 1. The minimum atomic E-state index is -1.04. The molecule has 3 rings (SSSR count). The van der Waals surface area contributed by atoms with Crippen LogP contribution in [0.25, 0.3) is 6.08 Å². The monoisotopic (exact) mass is 382 g/mol. The van der Waals surface area contributed by atoms with Gasteiger partial charge in [0.05, 0.1) is 11.7 Å². The van der Waals surface area contributed by atoms with Crippen LogP contribution < -0.4 is 0 Å². The minimum Gasteiger partial charge on any atom is -0.477 e. The zero-order chi connectivity index (χ0) is 14.3. The number of nitrogens with zero attached hydrogens (tertiary/aromatic N) is 2. The van der Waals surface area contributed by atoms with Gasteiger partial charge in [0.25, 0.3) is 5.91 Å². The molecule has 0 aromatic carbocycles. The van der Waals surface area contributed by atoms with Crippen molar-refractivity contribution in [3.8, 4) is 0 Å². The SMILES string of the molecule is O=C(O)C1=C(I)CCC2/C(=C\c3ccccn3)C(=O)N12. The summed E-state index contributed by atoms with van der Waals surface area (Å²) >= 11 is 2.01. The first-order valence-corrected chi connectivity index (χ1v) is 7.25. The van der Waals surface area contributed by atoms with Gasteiger partial charge in [-0.25, -0.2) is 4.79 Å². The Morgan fingerprint density at radius 3 is 2.95 bits per heavy atom. The van der Waals surface area contributed by atoms with Crippen molar-refractivity contribution in [2.45, 2.75) is 18.9 Å². The van der Waals surface area contributed by atoms with Crippen molar-refractivity contribution in [3.63, 3.8) is 0 Å². The van der Waals surface area contributed by atoms with Gasteiger partial charge in [-0.05, 0) is 53.6 Å². The van der Waals surface area contributed by atoms with Gasteiger partial charge in [0.2, 0.25) is 0 Å². The van der Waals surface area contributed by atoms with Gasteiger partial charge < -0.3 is 5.11 Å². The van der Waals surface area contributed by atoms with Gasteiger partial charge in [0, 0.05) is 15.3 Å². The molecule has 0 bridgehead atoms. The van der Waals surface area contributed by atoms with E-state index in [1.807, 2.05) is 40.8 Å². The molecule has 0 saturated carbocycles. The molecule has 0 radical (unpaired) electrons. The molecular weight excluding hydrogens is 371 g/mol. The van der Waals surface area contributed by atoms with Gasteiger partial charge >= 0.3 is 5.97 Å². The fourth-order valence-corrected chi connectivity index (χ4v) is 3.35. The van der Waals surface area contributed by atoms with Crippen molar-refractivity contribution in [1.82, 2.24) is 9.88 Å². The van der Waals surface area contributed by atoms with Gasteiger partial charge in [-0.1, -0.05) is 6.07 Å². The number of rotatable bonds is 2. The number of carboxylic acid groups (broad SMARTS) is 1. The topological polar surface area (TPSA) is 70.5 Å². The molecule has 1 N–H and O–H groups in total. The van der Waals surface area contributed by atoms with Gasteiger partial charge in [-0.15, -0.1) is 0 Å². The first-order valence-electron chi connectivity index (χ1n) is 6.17. The van der Waals surface area contributed by atoms with E-state index in [4.69, 9.17) is 0 Å². The van der Waals surface area contributed by atoms with E-state index in [2.05, 4.69) is 4.98 Å². The fraction of sp³-hybridized carbons (Fsp3) is 0.214. The number of fused-ring (bicyclic) bond motifs is 1. The van der Waals surface area contributed by atoms with E-state index in [1.165, 1.54) is 4.90 Å². The second-order valence-corrected chi connectivity index (χ2v) is 5.94. The average molecular weight is 382 g/mol. The molecule has 2 aliphatic rings. The third kappa shape index (κ3) is 2.04. The molecule has 1 amide bonds. The lowest BCUT2D eigenvalue weighted by Crippen LogP contribution is -2.57. The smallest absolute Gasteiger partial charge is 0.353 e. The molecule has 3 heterocycles. The highest BCUT2D eigenvalue weighted by molar-refractivity contribution is 14.1. The summed E-state index contributed by atoms with van der Waals surface area (Å²) in [7, 11) is 0. The lowest BCUT2D eigenvalue weighted by atomic mass is 9.85. The van der Waals surface area contributed by atoms with Crippen molar-refractivity contribution in [3.05, 3.63) is 44.9 Å². The van der Waals surface area contributed by atoms with Crippen LogP contribution in [0.3, 0.4) is 0 Å². The van der Waals surface area contributed by atoms with Crippen molar-refractivity contribution in [2.75, 3.05) is 0 Å². The average Bonchev–Trinajstić information content (AvgIpc) is 2.45. The molecule has 0 spiro atoms. The van der Waals surface area contributed by atoms with E-state index < -0.39 is 5.97 Å². The second-order valence-electron chi connectivity index (χ2n) is 4.64. The largest absolute Gasteiger partial charge is 0.477 e. The van der Waals surface area contributed by atoms with E-state index in [1.54, 1.807) is 12.3 Å². The van der Waals surface area contributed by atoms with Gasteiger partial charge in [-0.3, -0.25) is 14.7 Å². The standard InChI is InChI=1S/C14H11IN2O3/c15-10-4-5-11-9(7-8-3-1-2-6-16-8)13(18)17(11)12(10)14(19)20/h1-3,6-7,11H,4-5H2,(H,19,20)/b9-7+. The lowest BCUT2D eigenvalue weighted by Gasteiger charge is -2.45. The predicted molar refractivity (Wildman–Crippen MR) is 80.8 cm³/mol. The Bertz CT molecular complexity index is 652. The highest BCUT2D eigenvalue weighted by Gasteiger charge is 2.48. The van der Waals surface area contributed by atoms with Crippen LogP contribution in [-0.2, 0) is 9.59 Å². The number of aromatic nitrogens is 1. The minimum absolute atomic E-state index is 0.130. The number of hydrogen-bond donors (Lipinski definition) is 1. The van der Waals surface area contributed by atoms with E-state index in [9.17, 15) is 14.7 Å². The van der Waals surface area contributed by atoms with Gasteiger partial charge in [0.1, 0.15) is 5.70 Å². The van der Waals surface area contributed by atoms with Crippen LogP contribution in [0.5, 0.6) is 0 Å². The number of carbonyl (C=O) groups is 2. The van der Waals surface area contributed by atoms with E-state index in [0.717, 1.165) is 15.7 Å². The molecule has 0 aliphatic carbocycles. The van der Waals surface area contributed by atoms with Crippen LogP contribution in [0.2, 0.25) is 0 Å². The van der Waals surface area contributed by atoms with E-state index in [-0.39, 0.29) is 17.6 Å². The maximum atomic E-state index is 12.2. The Hall–Kier alpha value is -1.70. The zero-order valence-corrected chi connectivity index (χ0v) is 12.6. The number of pyridine rings is 1. The number of halogens is 1. The number of amides is 1. The van der Waals surface area contributed by atoms with Crippen LogP contribution in [-0.4, -0.2) is 32.9 Å². The van der Waals surface area contributed by atoms with Gasteiger partial charge in [-0.2, -0.15) is 0 Å². The molecule has 2 aliphatic heterocycles. The molecule has 1 fully saturated rings. The first kappa shape index (κ1) is 13.3. The fourth-order valence-electron chi connectivity index (χ4n) is 2.55. The molecule has 20 heavy (non-hydrogen) atoms. The molecule has 1 saturated heterocycles. The number of β-lactam (4-membered cyclic amide) rings is 1. The Morgan fingerprint density at radius 2 is 2.30 bits per heavy atom. The third-order valence-corrected chi connectivity index (χ3v) is 4.52. The molecule has 1 aromatic rings. The first-order chi connectivity index (χ1) is 9.59. The summed E-state index contributed by atoms with van der Waals surface area (Å²) < 4.78 is 0.733. The van der Waals surface area contributed by atoms with Crippen molar-refractivity contribution in [1.29, 1.82) is 0 Å². The van der Waals surface area contributed by atoms with Gasteiger partial charge in [0.15, 0.2) is 0 Å². The Kier molecular flexibility index (Phi) is 3.33. The van der Waals surface area contributed by atoms with E-state index in [0.29, 0.717) is 12.0 Å². The van der Waals surface area contributed by atoms with Crippen molar-refractivity contribution in [2.24, 2.45) is 0 Å². The number of carboxylic acids is 1. The van der Waals surface area contributed by atoms with Crippen LogP contribution >= 0.6 is 22.6 Å². The highest BCUT2D eigenvalue weighted by Crippen LogP contribution is 2.42. The zero-order valence-electron chi connectivity index (χ0n) is 10.4. The molecule has 102 valence electrons. The summed E-state index contributed by atoms with van der Waals surface area (Å²) in [5.41, 5.74) is 1.49. The molecule has 1 unspecified atom stereocenters. The van der Waals surface area contributed by atoms with Crippen LogP contribution in [0.15, 0.2) is 39.2 Å². The summed E-state index contributed by atoms with van der Waals surface area (Å²) in [4.78, 5) is 29.0.